The third-order valence-electron chi connectivity index (χ3n) is 4.30. The number of aromatic nitrogens is 1. The van der Waals surface area contributed by atoms with Gasteiger partial charge in [0.25, 0.3) is 15.9 Å². The lowest BCUT2D eigenvalue weighted by molar-refractivity contribution is -0.0258. The fourth-order valence-corrected chi connectivity index (χ4v) is 3.71. The van der Waals surface area contributed by atoms with Crippen LogP contribution in [-0.2, 0) is 21.4 Å². The lowest BCUT2D eigenvalue weighted by atomic mass is 10.2. The van der Waals surface area contributed by atoms with Crippen molar-refractivity contribution in [1.29, 1.82) is 0 Å². The summed E-state index contributed by atoms with van der Waals surface area (Å²) in [5.41, 5.74) is 1.72. The third-order valence-corrected chi connectivity index (χ3v) is 5.98. The maximum absolute atomic E-state index is 12.7. The zero-order valence-electron chi connectivity index (χ0n) is 16.1. The summed E-state index contributed by atoms with van der Waals surface area (Å²) in [5.74, 6) is -0.532. The molecule has 2 aromatic carbocycles. The molecule has 3 rings (SSSR count). The second-order valence-corrected chi connectivity index (χ2v) is 8.15. The number of hydroxylamine groups is 1. The van der Waals surface area contributed by atoms with Crippen molar-refractivity contribution in [2.45, 2.75) is 11.4 Å². The molecular weight excluding hydrogens is 390 g/mol. The van der Waals surface area contributed by atoms with Gasteiger partial charge in [-0.05, 0) is 35.9 Å². The molecule has 0 aliphatic carbocycles. The zero-order valence-corrected chi connectivity index (χ0v) is 16.9. The van der Waals surface area contributed by atoms with Crippen molar-refractivity contribution in [2.75, 3.05) is 14.2 Å². The topological polar surface area (TPSA) is 81.0 Å². The van der Waals surface area contributed by atoms with Crippen molar-refractivity contribution < 1.29 is 18.0 Å². The summed E-state index contributed by atoms with van der Waals surface area (Å²) in [5, 5.41) is 0. The number of sulfonamides is 1. The summed E-state index contributed by atoms with van der Waals surface area (Å²) in [6, 6.07) is 20.9. The Morgan fingerprint density at radius 2 is 1.76 bits per heavy atom. The van der Waals surface area contributed by atoms with E-state index in [1.54, 1.807) is 12.1 Å². The van der Waals surface area contributed by atoms with Crippen LogP contribution in [-0.4, -0.2) is 37.5 Å². The lowest BCUT2D eigenvalue weighted by Crippen LogP contribution is -2.26. The highest BCUT2D eigenvalue weighted by molar-refractivity contribution is 7.89. The Morgan fingerprint density at radius 3 is 2.48 bits per heavy atom. The second kappa shape index (κ2) is 8.95. The van der Waals surface area contributed by atoms with Crippen LogP contribution >= 0.6 is 0 Å². The molecule has 1 amide bonds. The Hall–Kier alpha value is -3.07. The minimum atomic E-state index is -3.85. The van der Waals surface area contributed by atoms with Crippen LogP contribution in [0.3, 0.4) is 0 Å². The number of carbonyl (C=O) groups excluding carboxylic acids is 1. The van der Waals surface area contributed by atoms with Gasteiger partial charge < -0.3 is 4.57 Å². The van der Waals surface area contributed by atoms with E-state index in [4.69, 9.17) is 4.84 Å². The fourth-order valence-electron chi connectivity index (χ4n) is 2.69. The molecule has 3 aromatic rings. The van der Waals surface area contributed by atoms with Crippen molar-refractivity contribution in [2.24, 2.45) is 4.99 Å². The average molecular weight is 411 g/mol. The predicted octanol–water partition coefficient (Wildman–Crippen LogP) is 2.46. The highest BCUT2D eigenvalue weighted by Crippen LogP contribution is 2.16. The second-order valence-electron chi connectivity index (χ2n) is 6.21. The molecule has 150 valence electrons. The maximum Gasteiger partial charge on any atom is 0.278 e. The highest BCUT2D eigenvalue weighted by atomic mass is 32.2. The number of amides is 1. The molecule has 29 heavy (non-hydrogen) atoms. The first-order chi connectivity index (χ1) is 13.9. The first kappa shape index (κ1) is 20.7. The van der Waals surface area contributed by atoms with Crippen LogP contribution in [0, 0.1) is 0 Å². The van der Waals surface area contributed by atoms with Crippen LogP contribution in [0.25, 0.3) is 0 Å². The van der Waals surface area contributed by atoms with Crippen molar-refractivity contribution in [1.82, 2.24) is 9.04 Å². The van der Waals surface area contributed by atoms with Gasteiger partial charge in [-0.25, -0.2) is 8.42 Å². The first-order valence-electron chi connectivity index (χ1n) is 8.83. The number of rotatable bonds is 6. The Balaban J connectivity index is 1.95. The van der Waals surface area contributed by atoms with Gasteiger partial charge in [0, 0.05) is 25.4 Å². The molecule has 1 heterocycles. The summed E-state index contributed by atoms with van der Waals surface area (Å²) in [7, 11) is -1.32. The van der Waals surface area contributed by atoms with E-state index in [0.29, 0.717) is 12.0 Å². The van der Waals surface area contributed by atoms with E-state index in [1.165, 1.54) is 38.4 Å². The maximum atomic E-state index is 12.7. The molecule has 0 aliphatic heterocycles. The van der Waals surface area contributed by atoms with Gasteiger partial charge in [0.2, 0.25) is 0 Å². The number of nitrogens with zero attached hydrogens (tertiary/aromatic N) is 3. The number of hydrogen-bond donors (Lipinski definition) is 0. The Kier molecular flexibility index (Phi) is 6.38. The largest absolute Gasteiger partial charge is 0.328 e. The quantitative estimate of drug-likeness (QED) is 0.584. The molecule has 0 saturated heterocycles. The summed E-state index contributed by atoms with van der Waals surface area (Å²) < 4.78 is 27.4. The number of hydrogen-bond acceptors (Lipinski definition) is 4. The zero-order chi connectivity index (χ0) is 20.9. The van der Waals surface area contributed by atoms with Gasteiger partial charge in [-0.2, -0.15) is 4.99 Å². The summed E-state index contributed by atoms with van der Waals surface area (Å²) >= 11 is 0. The van der Waals surface area contributed by atoms with Gasteiger partial charge in [0.1, 0.15) is 5.49 Å². The van der Waals surface area contributed by atoms with Crippen LogP contribution in [0.5, 0.6) is 0 Å². The highest BCUT2D eigenvalue weighted by Gasteiger charge is 2.21. The van der Waals surface area contributed by atoms with Crippen molar-refractivity contribution in [3.05, 3.63) is 95.6 Å². The molecule has 0 fully saturated rings. The van der Waals surface area contributed by atoms with Crippen molar-refractivity contribution in [3.8, 4) is 0 Å². The molecule has 0 aliphatic rings. The SMILES string of the molecule is CON(C)S(=O)(=O)c1cccc(C(=O)N=c2ccccn2Cc2ccccc2)c1. The van der Waals surface area contributed by atoms with Crippen molar-refractivity contribution in [3.63, 3.8) is 0 Å². The fraction of sp³-hybridized carbons (Fsp3) is 0.143. The number of benzene rings is 2. The van der Waals surface area contributed by atoms with Gasteiger partial charge in [-0.3, -0.25) is 9.63 Å². The predicted molar refractivity (Wildman–Crippen MR) is 108 cm³/mol. The molecule has 0 saturated carbocycles. The van der Waals surface area contributed by atoms with E-state index < -0.39 is 15.9 Å². The monoisotopic (exact) mass is 411 g/mol. The molecule has 7 nitrogen and oxygen atoms in total. The van der Waals surface area contributed by atoms with Crippen LogP contribution in [0.15, 0.2) is 88.9 Å². The Morgan fingerprint density at radius 1 is 1.03 bits per heavy atom. The standard InChI is InChI=1S/C21H21N3O4S/c1-23(28-2)29(26,27)19-12-8-11-18(15-19)21(25)22-20-13-6-7-14-24(20)16-17-9-4-3-5-10-17/h3-15H,16H2,1-2H3. The van der Waals surface area contributed by atoms with E-state index in [9.17, 15) is 13.2 Å². The number of pyridine rings is 1. The average Bonchev–Trinajstić information content (AvgIpc) is 2.75. The lowest BCUT2D eigenvalue weighted by Gasteiger charge is -2.14. The minimum Gasteiger partial charge on any atom is -0.328 e. The smallest absolute Gasteiger partial charge is 0.278 e. The normalized spacial score (nSPS) is 12.3. The molecule has 0 unspecified atom stereocenters. The van der Waals surface area contributed by atoms with Crippen LogP contribution < -0.4 is 5.49 Å². The van der Waals surface area contributed by atoms with Gasteiger partial charge >= 0.3 is 0 Å². The van der Waals surface area contributed by atoms with E-state index >= 15 is 0 Å². The van der Waals surface area contributed by atoms with E-state index in [2.05, 4.69) is 4.99 Å². The minimum absolute atomic E-state index is 0.0480. The van der Waals surface area contributed by atoms with Crippen LogP contribution in [0.2, 0.25) is 0 Å². The molecular formula is C21H21N3O4S. The first-order valence-corrected chi connectivity index (χ1v) is 10.3. The third kappa shape index (κ3) is 4.86. The van der Waals surface area contributed by atoms with Gasteiger partial charge in [-0.15, -0.1) is 0 Å². The van der Waals surface area contributed by atoms with Crippen molar-refractivity contribution >= 4 is 15.9 Å². The molecule has 0 bridgehead atoms. The molecule has 0 radical (unpaired) electrons. The van der Waals surface area contributed by atoms with Gasteiger partial charge in [0.05, 0.1) is 12.0 Å². The molecule has 0 spiro atoms. The Bertz CT molecular complexity index is 1170. The van der Waals surface area contributed by atoms with E-state index in [0.717, 1.165) is 10.0 Å². The molecule has 8 heteroatoms. The molecule has 0 N–H and O–H groups in total. The summed E-state index contributed by atoms with van der Waals surface area (Å²) in [6.07, 6.45) is 1.84. The van der Waals surface area contributed by atoms with Gasteiger partial charge in [-0.1, -0.05) is 46.9 Å². The van der Waals surface area contributed by atoms with E-state index in [1.807, 2.05) is 47.2 Å². The van der Waals surface area contributed by atoms with Crippen LogP contribution in [0.4, 0.5) is 0 Å². The van der Waals surface area contributed by atoms with E-state index in [-0.39, 0.29) is 10.5 Å². The molecule has 0 atom stereocenters. The van der Waals surface area contributed by atoms with Crippen LogP contribution in [0.1, 0.15) is 15.9 Å². The van der Waals surface area contributed by atoms with Gasteiger partial charge in [0.15, 0.2) is 0 Å². The molecule has 1 aromatic heterocycles. The number of carbonyl (C=O) groups is 1. The summed E-state index contributed by atoms with van der Waals surface area (Å²) in [4.78, 5) is 21.6. The summed E-state index contributed by atoms with van der Waals surface area (Å²) in [6.45, 7) is 0.556. The Labute approximate surface area is 169 Å².